The molecule has 1 aliphatic rings. The Hall–Kier alpha value is -3.95. The number of anilines is 1. The van der Waals surface area contributed by atoms with Gasteiger partial charge >= 0.3 is 6.61 Å². The molecule has 5 heterocycles. The number of pyridine rings is 2. The fourth-order valence-electron chi connectivity index (χ4n) is 4.10. The van der Waals surface area contributed by atoms with Crippen LogP contribution in [-0.4, -0.2) is 37.7 Å². The Morgan fingerprint density at radius 3 is 2.70 bits per heavy atom. The normalized spacial score (nSPS) is 13.4. The van der Waals surface area contributed by atoms with E-state index in [-0.39, 0.29) is 11.4 Å². The maximum Gasteiger partial charge on any atom is 0.388 e. The molecule has 5 rings (SSSR count). The first-order valence-corrected chi connectivity index (χ1v) is 10.4. The highest BCUT2D eigenvalue weighted by Gasteiger charge is 2.22. The summed E-state index contributed by atoms with van der Waals surface area (Å²) in [5.74, 6) is 0.603. The SMILES string of the molecule is Cc1cc(OC(F)F)ncc1-c1cnc2c(c1)CN(c1nn3c(=O)ccnc3cc1C)CC2. The van der Waals surface area contributed by atoms with Gasteiger partial charge in [0, 0.05) is 67.1 Å². The number of hydrogen-bond acceptors (Lipinski definition) is 7. The molecule has 0 fully saturated rings. The van der Waals surface area contributed by atoms with Crippen molar-refractivity contribution in [3.63, 3.8) is 0 Å². The van der Waals surface area contributed by atoms with Crippen molar-refractivity contribution in [3.8, 4) is 17.0 Å². The first-order valence-electron chi connectivity index (χ1n) is 10.4. The van der Waals surface area contributed by atoms with E-state index in [1.807, 2.05) is 26.0 Å². The van der Waals surface area contributed by atoms with Crippen LogP contribution < -0.4 is 15.2 Å². The van der Waals surface area contributed by atoms with Gasteiger partial charge in [0.15, 0.2) is 11.5 Å². The van der Waals surface area contributed by atoms with E-state index < -0.39 is 6.61 Å². The van der Waals surface area contributed by atoms with Crippen molar-refractivity contribution in [1.29, 1.82) is 0 Å². The van der Waals surface area contributed by atoms with E-state index in [1.54, 1.807) is 6.20 Å². The summed E-state index contributed by atoms with van der Waals surface area (Å²) in [7, 11) is 0. The Balaban J connectivity index is 1.47. The number of fused-ring (bicyclic) bond motifs is 2. The van der Waals surface area contributed by atoms with Crippen molar-refractivity contribution in [2.75, 3.05) is 11.4 Å². The molecule has 0 saturated carbocycles. The van der Waals surface area contributed by atoms with E-state index >= 15 is 0 Å². The number of nitrogens with zero attached hydrogens (tertiary/aromatic N) is 6. The van der Waals surface area contributed by atoms with Crippen molar-refractivity contribution in [1.82, 2.24) is 24.6 Å². The molecule has 0 saturated heterocycles. The highest BCUT2D eigenvalue weighted by molar-refractivity contribution is 5.67. The Morgan fingerprint density at radius 1 is 1.06 bits per heavy atom. The molecule has 4 aromatic rings. The maximum absolute atomic E-state index is 12.5. The molecule has 4 aromatic heterocycles. The second kappa shape index (κ2) is 8.19. The molecule has 0 spiro atoms. The van der Waals surface area contributed by atoms with Gasteiger partial charge < -0.3 is 9.64 Å². The van der Waals surface area contributed by atoms with E-state index in [9.17, 15) is 13.6 Å². The lowest BCUT2D eigenvalue weighted by atomic mass is 9.99. The molecular weight excluding hydrogens is 430 g/mol. The van der Waals surface area contributed by atoms with E-state index in [0.717, 1.165) is 45.7 Å². The monoisotopic (exact) mass is 450 g/mol. The largest absolute Gasteiger partial charge is 0.417 e. The van der Waals surface area contributed by atoms with E-state index in [2.05, 4.69) is 29.7 Å². The van der Waals surface area contributed by atoms with Gasteiger partial charge in [-0.3, -0.25) is 9.78 Å². The van der Waals surface area contributed by atoms with E-state index in [1.165, 1.54) is 29.0 Å². The number of rotatable bonds is 4. The quantitative estimate of drug-likeness (QED) is 0.471. The van der Waals surface area contributed by atoms with Gasteiger partial charge in [-0.15, -0.1) is 5.10 Å². The van der Waals surface area contributed by atoms with Gasteiger partial charge in [0.2, 0.25) is 5.88 Å². The molecule has 0 atom stereocenters. The molecule has 0 radical (unpaired) electrons. The van der Waals surface area contributed by atoms with Crippen LogP contribution in [0.4, 0.5) is 14.6 Å². The van der Waals surface area contributed by atoms with Crippen molar-refractivity contribution >= 4 is 11.5 Å². The highest BCUT2D eigenvalue weighted by Crippen LogP contribution is 2.30. The van der Waals surface area contributed by atoms with Gasteiger partial charge in [0.25, 0.3) is 5.56 Å². The van der Waals surface area contributed by atoms with Gasteiger partial charge in [0.1, 0.15) is 0 Å². The lowest BCUT2D eigenvalue weighted by molar-refractivity contribution is -0.0528. The second-order valence-corrected chi connectivity index (χ2v) is 7.92. The summed E-state index contributed by atoms with van der Waals surface area (Å²) in [6, 6.07) is 6.76. The zero-order valence-electron chi connectivity index (χ0n) is 18.0. The van der Waals surface area contributed by atoms with Gasteiger partial charge in [-0.25, -0.2) is 9.97 Å². The molecule has 0 bridgehead atoms. The lowest BCUT2D eigenvalue weighted by Gasteiger charge is -2.30. The number of aromatic nitrogens is 5. The third-order valence-corrected chi connectivity index (χ3v) is 5.69. The molecular formula is C23H20F2N6O2. The zero-order chi connectivity index (χ0) is 23.1. The molecule has 168 valence electrons. The first-order chi connectivity index (χ1) is 15.9. The van der Waals surface area contributed by atoms with Crippen LogP contribution in [0.3, 0.4) is 0 Å². The highest BCUT2D eigenvalue weighted by atomic mass is 19.3. The van der Waals surface area contributed by atoms with Crippen LogP contribution in [-0.2, 0) is 13.0 Å². The van der Waals surface area contributed by atoms with E-state index in [0.29, 0.717) is 18.7 Å². The van der Waals surface area contributed by atoms with Crippen molar-refractivity contribution in [3.05, 3.63) is 75.6 Å². The summed E-state index contributed by atoms with van der Waals surface area (Å²) < 4.78 is 30.6. The van der Waals surface area contributed by atoms with Gasteiger partial charge in [0.05, 0.1) is 0 Å². The minimum absolute atomic E-state index is 0.120. The summed E-state index contributed by atoms with van der Waals surface area (Å²) in [5, 5.41) is 4.56. The van der Waals surface area contributed by atoms with Gasteiger partial charge in [-0.2, -0.15) is 13.3 Å². The topological polar surface area (TPSA) is 85.5 Å². The average Bonchev–Trinajstić information content (AvgIpc) is 2.78. The molecule has 0 N–H and O–H groups in total. The molecule has 0 unspecified atom stereocenters. The van der Waals surface area contributed by atoms with Crippen LogP contribution in [0.25, 0.3) is 16.8 Å². The standard InChI is InChI=1S/C23H20F2N6O2/c1-13-8-20(33-23(24)25)28-11-17(13)15-9-16-12-30(6-4-18(16)27-10-15)22-14(2)7-19-26-5-3-21(32)31(19)29-22/h3,5,7-11,23H,4,6,12H2,1-2H3. The first kappa shape index (κ1) is 20.9. The van der Waals surface area contributed by atoms with Crippen LogP contribution in [0.5, 0.6) is 5.88 Å². The number of halogens is 2. The molecule has 0 aromatic carbocycles. The number of aryl methyl sites for hydroxylation is 2. The Kier molecular flexibility index (Phi) is 5.20. The minimum atomic E-state index is -2.92. The van der Waals surface area contributed by atoms with Crippen LogP contribution >= 0.6 is 0 Å². The fourth-order valence-corrected chi connectivity index (χ4v) is 4.10. The predicted molar refractivity (Wildman–Crippen MR) is 118 cm³/mol. The van der Waals surface area contributed by atoms with Crippen LogP contribution in [0.1, 0.15) is 22.4 Å². The third-order valence-electron chi connectivity index (χ3n) is 5.69. The Bertz CT molecular complexity index is 1420. The van der Waals surface area contributed by atoms with Gasteiger partial charge in [-0.1, -0.05) is 0 Å². The Morgan fingerprint density at radius 2 is 1.91 bits per heavy atom. The number of ether oxygens (including phenoxy) is 1. The van der Waals surface area contributed by atoms with Crippen LogP contribution in [0.2, 0.25) is 0 Å². The van der Waals surface area contributed by atoms with Gasteiger partial charge in [-0.05, 0) is 42.7 Å². The smallest absolute Gasteiger partial charge is 0.388 e. The minimum Gasteiger partial charge on any atom is -0.417 e. The molecule has 33 heavy (non-hydrogen) atoms. The third kappa shape index (κ3) is 3.99. The zero-order valence-corrected chi connectivity index (χ0v) is 18.0. The van der Waals surface area contributed by atoms with Crippen LogP contribution in [0, 0.1) is 13.8 Å². The number of hydrogen-bond donors (Lipinski definition) is 0. The number of alkyl halides is 2. The predicted octanol–water partition coefficient (Wildman–Crippen LogP) is 3.33. The Labute approximate surface area is 187 Å². The van der Waals surface area contributed by atoms with Crippen molar-refractivity contribution in [2.24, 2.45) is 0 Å². The lowest BCUT2D eigenvalue weighted by Crippen LogP contribution is -2.33. The van der Waals surface area contributed by atoms with Crippen molar-refractivity contribution in [2.45, 2.75) is 33.4 Å². The summed E-state index contributed by atoms with van der Waals surface area (Å²) in [6.07, 6.45) is 5.50. The summed E-state index contributed by atoms with van der Waals surface area (Å²) in [6.45, 7) is 2.13. The molecule has 0 aliphatic carbocycles. The fraction of sp³-hybridized carbons (Fsp3) is 0.261. The summed E-state index contributed by atoms with van der Waals surface area (Å²) in [5.41, 5.74) is 5.62. The molecule has 10 heteroatoms. The molecule has 0 amide bonds. The van der Waals surface area contributed by atoms with E-state index in [4.69, 9.17) is 0 Å². The van der Waals surface area contributed by atoms with Crippen molar-refractivity contribution < 1.29 is 13.5 Å². The average molecular weight is 450 g/mol. The summed E-state index contributed by atoms with van der Waals surface area (Å²) >= 11 is 0. The second-order valence-electron chi connectivity index (χ2n) is 7.92. The molecule has 8 nitrogen and oxygen atoms in total. The van der Waals surface area contributed by atoms with Crippen LogP contribution in [0.15, 0.2) is 47.7 Å². The molecule has 1 aliphatic heterocycles. The maximum atomic E-state index is 12.5. The summed E-state index contributed by atoms with van der Waals surface area (Å²) in [4.78, 5) is 27.2.